The molecule has 0 fully saturated rings. The van der Waals surface area contributed by atoms with E-state index < -0.39 is 0 Å². The molecule has 0 spiro atoms. The summed E-state index contributed by atoms with van der Waals surface area (Å²) in [6.07, 6.45) is 3.02. The lowest BCUT2D eigenvalue weighted by molar-refractivity contribution is 0.454. The zero-order valence-corrected chi connectivity index (χ0v) is 10.4. The second-order valence-corrected chi connectivity index (χ2v) is 4.26. The van der Waals surface area contributed by atoms with Crippen molar-refractivity contribution >= 4 is 11.6 Å². The average Bonchev–Trinajstić information content (AvgIpc) is 2.92. The Hall–Kier alpha value is -2.47. The molecule has 1 N–H and O–H groups in total. The molecule has 2 heterocycles. The summed E-state index contributed by atoms with van der Waals surface area (Å²) in [5.41, 5.74) is 2.35. The maximum atomic E-state index is 9.47. The summed E-state index contributed by atoms with van der Waals surface area (Å²) >= 11 is 6.03. The topological polar surface area (TPSA) is 76.7 Å². The van der Waals surface area contributed by atoms with Gasteiger partial charge in [0.15, 0.2) is 0 Å². The van der Waals surface area contributed by atoms with Crippen LogP contribution in [0.1, 0.15) is 0 Å². The van der Waals surface area contributed by atoms with E-state index in [0.717, 1.165) is 16.8 Å². The number of aromatic hydroxyl groups is 1. The van der Waals surface area contributed by atoms with Gasteiger partial charge in [-0.3, -0.25) is 0 Å². The third-order valence-electron chi connectivity index (χ3n) is 2.61. The highest BCUT2D eigenvalue weighted by Crippen LogP contribution is 2.30. The first-order valence-corrected chi connectivity index (χ1v) is 5.80. The zero-order valence-electron chi connectivity index (χ0n) is 9.60. The summed E-state index contributed by atoms with van der Waals surface area (Å²) in [4.78, 5) is 3.76. The Bertz CT molecular complexity index is 714. The van der Waals surface area contributed by atoms with Crippen molar-refractivity contribution in [3.8, 4) is 22.7 Å². The predicted octanol–water partition coefficient (Wildman–Crippen LogP) is 2.08. The third kappa shape index (κ3) is 2.25. The van der Waals surface area contributed by atoms with Crippen molar-refractivity contribution in [1.29, 1.82) is 0 Å². The number of nitrogens with zero attached hydrogens (tertiary/aromatic N) is 5. The molecule has 0 aliphatic carbocycles. The minimum atomic E-state index is -0.0554. The van der Waals surface area contributed by atoms with E-state index in [9.17, 15) is 5.11 Å². The Labute approximate surface area is 113 Å². The Morgan fingerprint density at radius 2 is 2.05 bits per heavy atom. The summed E-state index contributed by atoms with van der Waals surface area (Å²) in [6.45, 7) is 0. The SMILES string of the molecule is Oc1cc(-c2cc(Cl)ccc2-n2cnnn2)ccn1. The molecule has 7 heteroatoms. The van der Waals surface area contributed by atoms with Gasteiger partial charge < -0.3 is 5.11 Å². The van der Waals surface area contributed by atoms with E-state index in [4.69, 9.17) is 11.6 Å². The minimum Gasteiger partial charge on any atom is -0.493 e. The van der Waals surface area contributed by atoms with Gasteiger partial charge >= 0.3 is 0 Å². The third-order valence-corrected chi connectivity index (χ3v) is 2.85. The number of aromatic nitrogens is 5. The largest absolute Gasteiger partial charge is 0.493 e. The van der Waals surface area contributed by atoms with Gasteiger partial charge in [0.25, 0.3) is 0 Å². The van der Waals surface area contributed by atoms with Gasteiger partial charge in [-0.1, -0.05) is 11.6 Å². The van der Waals surface area contributed by atoms with Crippen LogP contribution < -0.4 is 0 Å². The summed E-state index contributed by atoms with van der Waals surface area (Å²) in [5.74, 6) is -0.0554. The maximum Gasteiger partial charge on any atom is 0.211 e. The van der Waals surface area contributed by atoms with E-state index in [0.29, 0.717) is 5.02 Å². The van der Waals surface area contributed by atoms with E-state index in [2.05, 4.69) is 20.5 Å². The molecular formula is C12H8ClN5O. The molecule has 0 aliphatic heterocycles. The van der Waals surface area contributed by atoms with Gasteiger partial charge in [0.1, 0.15) is 6.33 Å². The first-order chi connectivity index (χ1) is 9.24. The van der Waals surface area contributed by atoms with Crippen molar-refractivity contribution in [3.63, 3.8) is 0 Å². The fraction of sp³-hybridized carbons (Fsp3) is 0. The standard InChI is InChI=1S/C12H8ClN5O/c13-9-1-2-11(18-7-15-16-17-18)10(6-9)8-3-4-14-12(19)5-8/h1-7H,(H,14,19). The van der Waals surface area contributed by atoms with E-state index in [1.54, 1.807) is 24.3 Å². The molecule has 0 saturated carbocycles. The molecule has 0 amide bonds. The molecule has 0 saturated heterocycles. The smallest absolute Gasteiger partial charge is 0.211 e. The number of benzene rings is 1. The van der Waals surface area contributed by atoms with Gasteiger partial charge in [0.05, 0.1) is 5.69 Å². The lowest BCUT2D eigenvalue weighted by atomic mass is 10.0. The van der Waals surface area contributed by atoms with Gasteiger partial charge in [0.2, 0.25) is 5.88 Å². The summed E-state index contributed by atoms with van der Waals surface area (Å²) in [5, 5.41) is 21.1. The Morgan fingerprint density at radius 1 is 1.16 bits per heavy atom. The molecule has 19 heavy (non-hydrogen) atoms. The lowest BCUT2D eigenvalue weighted by Crippen LogP contribution is -1.98. The Morgan fingerprint density at radius 3 is 2.79 bits per heavy atom. The quantitative estimate of drug-likeness (QED) is 0.773. The molecule has 3 aromatic rings. The molecule has 1 aromatic carbocycles. The second kappa shape index (κ2) is 4.66. The van der Waals surface area contributed by atoms with Crippen LogP contribution in [0, 0.1) is 0 Å². The van der Waals surface area contributed by atoms with Gasteiger partial charge in [0, 0.05) is 22.8 Å². The lowest BCUT2D eigenvalue weighted by Gasteiger charge is -2.09. The molecule has 3 rings (SSSR count). The predicted molar refractivity (Wildman–Crippen MR) is 69.1 cm³/mol. The van der Waals surface area contributed by atoms with Crippen LogP contribution >= 0.6 is 11.6 Å². The molecule has 0 bridgehead atoms. The molecule has 2 aromatic heterocycles. The van der Waals surface area contributed by atoms with Gasteiger partial charge in [-0.25, -0.2) is 4.98 Å². The minimum absolute atomic E-state index is 0.0554. The van der Waals surface area contributed by atoms with Gasteiger partial charge in [-0.2, -0.15) is 4.68 Å². The van der Waals surface area contributed by atoms with Crippen LogP contribution in [-0.2, 0) is 0 Å². The van der Waals surface area contributed by atoms with Crippen molar-refractivity contribution in [2.24, 2.45) is 0 Å². The molecule has 6 nitrogen and oxygen atoms in total. The van der Waals surface area contributed by atoms with Crippen LogP contribution in [0.5, 0.6) is 5.88 Å². The first-order valence-electron chi connectivity index (χ1n) is 5.42. The van der Waals surface area contributed by atoms with Crippen LogP contribution in [0.4, 0.5) is 0 Å². The normalized spacial score (nSPS) is 10.6. The van der Waals surface area contributed by atoms with Crippen molar-refractivity contribution in [1.82, 2.24) is 25.2 Å². The summed E-state index contributed by atoms with van der Waals surface area (Å²) < 4.78 is 1.53. The van der Waals surface area contributed by atoms with Crippen LogP contribution in [0.2, 0.25) is 5.02 Å². The van der Waals surface area contributed by atoms with Gasteiger partial charge in [-0.15, -0.1) is 5.10 Å². The highest BCUT2D eigenvalue weighted by atomic mass is 35.5. The molecular weight excluding hydrogens is 266 g/mol. The molecule has 0 atom stereocenters. The monoisotopic (exact) mass is 273 g/mol. The average molecular weight is 274 g/mol. The van der Waals surface area contributed by atoms with E-state index in [1.165, 1.54) is 17.2 Å². The summed E-state index contributed by atoms with van der Waals surface area (Å²) in [6, 6.07) is 8.68. The van der Waals surface area contributed by atoms with Crippen molar-refractivity contribution in [2.45, 2.75) is 0 Å². The van der Waals surface area contributed by atoms with Gasteiger partial charge in [-0.05, 0) is 40.3 Å². The van der Waals surface area contributed by atoms with Crippen molar-refractivity contribution in [3.05, 3.63) is 47.9 Å². The van der Waals surface area contributed by atoms with Crippen LogP contribution in [0.3, 0.4) is 0 Å². The maximum absolute atomic E-state index is 9.47. The number of tetrazole rings is 1. The van der Waals surface area contributed by atoms with E-state index in [1.807, 2.05) is 6.07 Å². The van der Waals surface area contributed by atoms with Crippen molar-refractivity contribution in [2.75, 3.05) is 0 Å². The van der Waals surface area contributed by atoms with E-state index >= 15 is 0 Å². The number of rotatable bonds is 2. The molecule has 0 aliphatic rings. The van der Waals surface area contributed by atoms with Crippen LogP contribution in [-0.4, -0.2) is 30.3 Å². The van der Waals surface area contributed by atoms with Crippen LogP contribution in [0.25, 0.3) is 16.8 Å². The Kier molecular flexibility index (Phi) is 2.85. The number of hydrogen-bond acceptors (Lipinski definition) is 5. The molecule has 94 valence electrons. The molecule has 0 unspecified atom stereocenters. The number of hydrogen-bond donors (Lipinski definition) is 1. The first kappa shape index (κ1) is 11.6. The second-order valence-electron chi connectivity index (χ2n) is 3.82. The highest BCUT2D eigenvalue weighted by molar-refractivity contribution is 6.31. The van der Waals surface area contributed by atoms with Crippen LogP contribution in [0.15, 0.2) is 42.9 Å². The van der Waals surface area contributed by atoms with E-state index in [-0.39, 0.29) is 5.88 Å². The highest BCUT2D eigenvalue weighted by Gasteiger charge is 2.10. The number of pyridine rings is 1. The summed E-state index contributed by atoms with van der Waals surface area (Å²) in [7, 11) is 0. The molecule has 0 radical (unpaired) electrons. The van der Waals surface area contributed by atoms with Crippen molar-refractivity contribution < 1.29 is 5.11 Å². The zero-order chi connectivity index (χ0) is 13.2. The Balaban J connectivity index is 2.22. The fourth-order valence-corrected chi connectivity index (χ4v) is 1.97. The fourth-order valence-electron chi connectivity index (χ4n) is 1.80. The number of halogens is 1.